The molecule has 0 amide bonds. The van der Waals surface area contributed by atoms with E-state index in [0.717, 1.165) is 17.1 Å². The Morgan fingerprint density at radius 2 is 2.30 bits per heavy atom. The maximum atomic E-state index is 11.3. The van der Waals surface area contributed by atoms with Crippen LogP contribution in [0.3, 0.4) is 0 Å². The van der Waals surface area contributed by atoms with Crippen LogP contribution < -0.4 is 14.8 Å². The fourth-order valence-electron chi connectivity index (χ4n) is 1.78. The summed E-state index contributed by atoms with van der Waals surface area (Å²) in [5.74, 6) is 1.13. The van der Waals surface area contributed by atoms with Gasteiger partial charge in [-0.3, -0.25) is 0 Å². The molecule has 0 aliphatic carbocycles. The lowest BCUT2D eigenvalue weighted by Gasteiger charge is -2.04. The molecule has 0 saturated carbocycles. The van der Waals surface area contributed by atoms with Crippen LogP contribution in [-0.4, -0.2) is 24.9 Å². The van der Waals surface area contributed by atoms with E-state index in [1.807, 2.05) is 18.2 Å². The number of aromatic nitrogens is 1. The van der Waals surface area contributed by atoms with Crippen LogP contribution in [0.1, 0.15) is 15.2 Å². The normalized spacial score (nSPS) is 12.2. The lowest BCUT2D eigenvalue weighted by molar-refractivity contribution is 0.0606. The fourth-order valence-corrected chi connectivity index (χ4v) is 2.51. The topological polar surface area (TPSA) is 69.7 Å². The standard InChI is InChI=1S/C13H12N2O4S/c1-17-12(16)11-6-15-13(20-11)14-5-8-2-3-9-10(4-8)19-7-18-9/h2-4,6H,5,7H2,1H3,(H,14,15). The van der Waals surface area contributed by atoms with Gasteiger partial charge in [-0.05, 0) is 17.7 Å². The third kappa shape index (κ3) is 2.53. The molecular formula is C13H12N2O4S. The summed E-state index contributed by atoms with van der Waals surface area (Å²) in [5.41, 5.74) is 1.05. The second kappa shape index (κ2) is 5.38. The Kier molecular flexibility index (Phi) is 3.42. The van der Waals surface area contributed by atoms with E-state index in [0.29, 0.717) is 16.6 Å². The molecule has 0 radical (unpaired) electrons. The van der Waals surface area contributed by atoms with E-state index >= 15 is 0 Å². The summed E-state index contributed by atoms with van der Waals surface area (Å²) >= 11 is 1.26. The van der Waals surface area contributed by atoms with Crippen LogP contribution in [0, 0.1) is 0 Å². The van der Waals surface area contributed by atoms with Crippen LogP contribution in [0.4, 0.5) is 5.13 Å². The highest BCUT2D eigenvalue weighted by molar-refractivity contribution is 7.17. The fraction of sp³-hybridized carbons (Fsp3) is 0.231. The summed E-state index contributed by atoms with van der Waals surface area (Å²) in [6.45, 7) is 0.853. The van der Waals surface area contributed by atoms with E-state index in [4.69, 9.17) is 9.47 Å². The number of hydrogen-bond donors (Lipinski definition) is 1. The van der Waals surface area contributed by atoms with E-state index in [-0.39, 0.29) is 12.8 Å². The van der Waals surface area contributed by atoms with Crippen molar-refractivity contribution in [2.75, 3.05) is 19.2 Å². The molecule has 0 spiro atoms. The first-order chi connectivity index (χ1) is 9.76. The highest BCUT2D eigenvalue weighted by Gasteiger charge is 2.14. The minimum atomic E-state index is -0.376. The summed E-state index contributed by atoms with van der Waals surface area (Å²) in [6, 6.07) is 5.75. The first kappa shape index (κ1) is 12.7. The smallest absolute Gasteiger partial charge is 0.349 e. The Labute approximate surface area is 119 Å². The zero-order chi connectivity index (χ0) is 13.9. The molecule has 2 heterocycles. The molecule has 1 aromatic carbocycles. The van der Waals surface area contributed by atoms with Gasteiger partial charge in [-0.25, -0.2) is 9.78 Å². The van der Waals surface area contributed by atoms with Crippen LogP contribution >= 0.6 is 11.3 Å². The number of nitrogens with one attached hydrogen (secondary N) is 1. The number of anilines is 1. The zero-order valence-corrected chi connectivity index (χ0v) is 11.5. The largest absolute Gasteiger partial charge is 0.465 e. The van der Waals surface area contributed by atoms with Gasteiger partial charge >= 0.3 is 5.97 Å². The SMILES string of the molecule is COC(=O)c1cnc(NCc2ccc3c(c2)OCO3)s1. The van der Waals surface area contributed by atoms with Crippen molar-refractivity contribution in [3.05, 3.63) is 34.8 Å². The average Bonchev–Trinajstić information content (AvgIpc) is 3.12. The van der Waals surface area contributed by atoms with Crippen molar-refractivity contribution in [3.8, 4) is 11.5 Å². The minimum Gasteiger partial charge on any atom is -0.465 e. The molecule has 104 valence electrons. The molecule has 0 saturated heterocycles. The van der Waals surface area contributed by atoms with Crippen LogP contribution in [0.2, 0.25) is 0 Å². The van der Waals surface area contributed by atoms with E-state index in [9.17, 15) is 4.79 Å². The van der Waals surface area contributed by atoms with Crippen LogP contribution in [0.15, 0.2) is 24.4 Å². The van der Waals surface area contributed by atoms with Crippen LogP contribution in [0.25, 0.3) is 0 Å². The Hall–Kier alpha value is -2.28. The molecule has 0 unspecified atom stereocenters. The highest BCUT2D eigenvalue weighted by Crippen LogP contribution is 2.32. The second-order valence-electron chi connectivity index (χ2n) is 4.06. The van der Waals surface area contributed by atoms with E-state index in [1.165, 1.54) is 24.6 Å². The van der Waals surface area contributed by atoms with Gasteiger partial charge in [0.1, 0.15) is 4.88 Å². The van der Waals surface area contributed by atoms with Crippen molar-refractivity contribution in [2.24, 2.45) is 0 Å². The van der Waals surface area contributed by atoms with Crippen molar-refractivity contribution in [3.63, 3.8) is 0 Å². The Morgan fingerprint density at radius 1 is 1.45 bits per heavy atom. The number of carbonyl (C=O) groups excluding carboxylic acids is 1. The predicted octanol–water partition coefficient (Wildman–Crippen LogP) is 2.27. The van der Waals surface area contributed by atoms with Gasteiger partial charge in [0.25, 0.3) is 0 Å². The summed E-state index contributed by atoms with van der Waals surface area (Å²) in [7, 11) is 1.35. The predicted molar refractivity (Wildman–Crippen MR) is 73.3 cm³/mol. The van der Waals surface area contributed by atoms with Gasteiger partial charge in [0.05, 0.1) is 13.3 Å². The van der Waals surface area contributed by atoms with E-state index < -0.39 is 0 Å². The summed E-state index contributed by atoms with van der Waals surface area (Å²) < 4.78 is 15.2. The third-order valence-electron chi connectivity index (χ3n) is 2.77. The van der Waals surface area contributed by atoms with Gasteiger partial charge in [0.15, 0.2) is 16.6 Å². The molecule has 0 atom stereocenters. The summed E-state index contributed by atoms with van der Waals surface area (Å²) in [6.07, 6.45) is 1.50. The van der Waals surface area contributed by atoms with Gasteiger partial charge in [0.2, 0.25) is 6.79 Å². The van der Waals surface area contributed by atoms with E-state index in [1.54, 1.807) is 0 Å². The number of benzene rings is 1. The third-order valence-corrected chi connectivity index (χ3v) is 3.71. The Bertz CT molecular complexity index is 641. The molecule has 2 aromatic rings. The van der Waals surface area contributed by atoms with Gasteiger partial charge < -0.3 is 19.5 Å². The van der Waals surface area contributed by atoms with Gasteiger partial charge in [-0.2, -0.15) is 0 Å². The van der Waals surface area contributed by atoms with Crippen molar-refractivity contribution < 1.29 is 19.0 Å². The number of nitrogens with zero attached hydrogens (tertiary/aromatic N) is 1. The van der Waals surface area contributed by atoms with Gasteiger partial charge in [-0.1, -0.05) is 17.4 Å². The van der Waals surface area contributed by atoms with Crippen LogP contribution in [0.5, 0.6) is 11.5 Å². The maximum absolute atomic E-state index is 11.3. The molecule has 1 aromatic heterocycles. The number of thiazole rings is 1. The highest BCUT2D eigenvalue weighted by atomic mass is 32.1. The number of esters is 1. The number of carbonyl (C=O) groups is 1. The van der Waals surface area contributed by atoms with Gasteiger partial charge in [0, 0.05) is 6.54 Å². The molecule has 6 nitrogen and oxygen atoms in total. The maximum Gasteiger partial charge on any atom is 0.349 e. The molecule has 0 fully saturated rings. The first-order valence-corrected chi connectivity index (χ1v) is 6.74. The van der Waals surface area contributed by atoms with Crippen molar-refractivity contribution in [1.29, 1.82) is 0 Å². The number of rotatable bonds is 4. The van der Waals surface area contributed by atoms with Crippen molar-refractivity contribution in [2.45, 2.75) is 6.54 Å². The monoisotopic (exact) mass is 292 g/mol. The summed E-state index contributed by atoms with van der Waals surface area (Å²) in [4.78, 5) is 15.9. The number of hydrogen-bond acceptors (Lipinski definition) is 7. The molecule has 1 aliphatic rings. The number of ether oxygens (including phenoxy) is 3. The Balaban J connectivity index is 1.64. The molecule has 0 bridgehead atoms. The summed E-state index contributed by atoms with van der Waals surface area (Å²) in [5, 5.41) is 3.82. The molecule has 1 N–H and O–H groups in total. The minimum absolute atomic E-state index is 0.265. The lowest BCUT2D eigenvalue weighted by Crippen LogP contribution is -1.98. The number of fused-ring (bicyclic) bond motifs is 1. The van der Waals surface area contributed by atoms with Gasteiger partial charge in [-0.15, -0.1) is 0 Å². The quantitative estimate of drug-likeness (QED) is 0.872. The molecule has 7 heteroatoms. The van der Waals surface area contributed by atoms with Crippen LogP contribution in [-0.2, 0) is 11.3 Å². The molecular weight excluding hydrogens is 280 g/mol. The Morgan fingerprint density at radius 3 is 3.15 bits per heavy atom. The van der Waals surface area contributed by atoms with Crippen molar-refractivity contribution in [1.82, 2.24) is 4.98 Å². The zero-order valence-electron chi connectivity index (χ0n) is 10.7. The first-order valence-electron chi connectivity index (χ1n) is 5.93. The van der Waals surface area contributed by atoms with Crippen molar-refractivity contribution >= 4 is 22.4 Å². The average molecular weight is 292 g/mol. The molecule has 3 rings (SSSR count). The molecule has 20 heavy (non-hydrogen) atoms. The lowest BCUT2D eigenvalue weighted by atomic mass is 10.2. The second-order valence-corrected chi connectivity index (χ2v) is 5.09. The number of methoxy groups -OCH3 is 1. The van der Waals surface area contributed by atoms with E-state index in [2.05, 4.69) is 15.0 Å². The molecule has 1 aliphatic heterocycles.